The highest BCUT2D eigenvalue weighted by Gasteiger charge is 2.33. The van der Waals surface area contributed by atoms with Gasteiger partial charge in [-0.15, -0.1) is 0 Å². The lowest BCUT2D eigenvalue weighted by molar-refractivity contribution is -0.133. The van der Waals surface area contributed by atoms with Crippen LogP contribution >= 0.6 is 0 Å². The minimum atomic E-state index is -0.614. The Kier molecular flexibility index (Phi) is 5.22. The standard InChI is InChI=1S/C15H28N2O2/c1-17(12-15(19)8-2-3-9-15)14(18)7-6-13-5-4-10-16-11-13/h13,16,19H,2-12H2,1H3. The zero-order chi connectivity index (χ0) is 13.7. The maximum Gasteiger partial charge on any atom is 0.222 e. The highest BCUT2D eigenvalue weighted by Crippen LogP contribution is 2.30. The zero-order valence-electron chi connectivity index (χ0n) is 12.2. The van der Waals surface area contributed by atoms with Crippen LogP contribution in [0.5, 0.6) is 0 Å². The van der Waals surface area contributed by atoms with Crippen molar-refractivity contribution >= 4 is 5.91 Å². The molecule has 1 amide bonds. The number of likely N-dealkylation sites (N-methyl/N-ethyl adjacent to an activating group) is 1. The normalized spacial score (nSPS) is 26.3. The Morgan fingerprint density at radius 2 is 2.11 bits per heavy atom. The molecule has 1 unspecified atom stereocenters. The molecule has 0 aromatic rings. The van der Waals surface area contributed by atoms with Gasteiger partial charge in [-0.2, -0.15) is 0 Å². The molecule has 2 rings (SSSR count). The predicted molar refractivity (Wildman–Crippen MR) is 75.9 cm³/mol. The molecule has 2 aliphatic rings. The van der Waals surface area contributed by atoms with Crippen molar-refractivity contribution in [2.45, 2.75) is 57.0 Å². The van der Waals surface area contributed by atoms with E-state index in [-0.39, 0.29) is 5.91 Å². The SMILES string of the molecule is CN(CC1(O)CCCC1)C(=O)CCC1CCCNC1. The van der Waals surface area contributed by atoms with Gasteiger partial charge in [0, 0.05) is 20.0 Å². The summed E-state index contributed by atoms with van der Waals surface area (Å²) in [6.45, 7) is 2.69. The third-order valence-electron chi connectivity index (χ3n) is 4.66. The first kappa shape index (κ1) is 14.8. The van der Waals surface area contributed by atoms with Gasteiger partial charge in [0.1, 0.15) is 0 Å². The molecule has 0 bridgehead atoms. The summed E-state index contributed by atoms with van der Waals surface area (Å²) in [4.78, 5) is 13.8. The summed E-state index contributed by atoms with van der Waals surface area (Å²) >= 11 is 0. The van der Waals surface area contributed by atoms with E-state index in [0.29, 0.717) is 18.9 Å². The molecule has 0 aromatic carbocycles. The first-order chi connectivity index (χ1) is 9.09. The van der Waals surface area contributed by atoms with Crippen molar-refractivity contribution in [3.8, 4) is 0 Å². The monoisotopic (exact) mass is 268 g/mol. The minimum Gasteiger partial charge on any atom is -0.388 e. The van der Waals surface area contributed by atoms with E-state index in [2.05, 4.69) is 5.32 Å². The quantitative estimate of drug-likeness (QED) is 0.795. The molecular weight excluding hydrogens is 240 g/mol. The van der Waals surface area contributed by atoms with Crippen LogP contribution in [-0.2, 0) is 4.79 Å². The molecule has 0 aromatic heterocycles. The van der Waals surface area contributed by atoms with Crippen molar-refractivity contribution in [2.24, 2.45) is 5.92 Å². The summed E-state index contributed by atoms with van der Waals surface area (Å²) in [5.74, 6) is 0.839. The first-order valence-electron chi connectivity index (χ1n) is 7.76. The number of nitrogens with zero attached hydrogens (tertiary/aromatic N) is 1. The molecule has 110 valence electrons. The number of aliphatic hydroxyl groups is 1. The Labute approximate surface area is 116 Å². The molecule has 4 heteroatoms. The lowest BCUT2D eigenvalue weighted by Gasteiger charge is -2.29. The van der Waals surface area contributed by atoms with Gasteiger partial charge in [-0.25, -0.2) is 0 Å². The van der Waals surface area contributed by atoms with Gasteiger partial charge in [0.25, 0.3) is 0 Å². The molecule has 1 heterocycles. The Balaban J connectivity index is 1.69. The fraction of sp³-hybridized carbons (Fsp3) is 0.933. The van der Waals surface area contributed by atoms with Crippen LogP contribution in [0.1, 0.15) is 51.4 Å². The van der Waals surface area contributed by atoms with Crippen molar-refractivity contribution in [3.63, 3.8) is 0 Å². The van der Waals surface area contributed by atoms with E-state index in [4.69, 9.17) is 0 Å². The third kappa shape index (κ3) is 4.46. The molecule has 1 atom stereocenters. The van der Waals surface area contributed by atoms with E-state index in [1.54, 1.807) is 4.90 Å². The van der Waals surface area contributed by atoms with Gasteiger partial charge in [0.15, 0.2) is 0 Å². The molecule has 1 saturated carbocycles. The number of nitrogens with one attached hydrogen (secondary N) is 1. The van der Waals surface area contributed by atoms with Gasteiger partial charge >= 0.3 is 0 Å². The minimum absolute atomic E-state index is 0.186. The van der Waals surface area contributed by atoms with Crippen molar-refractivity contribution in [1.29, 1.82) is 0 Å². The Hall–Kier alpha value is -0.610. The van der Waals surface area contributed by atoms with E-state index in [1.807, 2.05) is 7.05 Å². The molecular formula is C15H28N2O2. The van der Waals surface area contributed by atoms with Crippen LogP contribution in [0, 0.1) is 5.92 Å². The molecule has 0 radical (unpaired) electrons. The van der Waals surface area contributed by atoms with E-state index in [1.165, 1.54) is 12.8 Å². The second-order valence-electron chi connectivity index (χ2n) is 6.43. The van der Waals surface area contributed by atoms with E-state index in [9.17, 15) is 9.90 Å². The highest BCUT2D eigenvalue weighted by atomic mass is 16.3. The molecule has 19 heavy (non-hydrogen) atoms. The number of piperidine rings is 1. The average Bonchev–Trinajstić information content (AvgIpc) is 2.83. The zero-order valence-corrected chi connectivity index (χ0v) is 12.2. The fourth-order valence-electron chi connectivity index (χ4n) is 3.41. The third-order valence-corrected chi connectivity index (χ3v) is 4.66. The maximum absolute atomic E-state index is 12.1. The number of carbonyl (C=O) groups excluding carboxylic acids is 1. The lowest BCUT2D eigenvalue weighted by atomic mass is 9.94. The van der Waals surface area contributed by atoms with Crippen molar-refractivity contribution in [1.82, 2.24) is 10.2 Å². The Morgan fingerprint density at radius 1 is 1.37 bits per heavy atom. The molecule has 1 saturated heterocycles. The first-order valence-corrected chi connectivity index (χ1v) is 7.76. The highest BCUT2D eigenvalue weighted by molar-refractivity contribution is 5.75. The van der Waals surface area contributed by atoms with Crippen LogP contribution in [0.4, 0.5) is 0 Å². The number of amides is 1. The average molecular weight is 268 g/mol. The molecule has 2 fully saturated rings. The molecule has 0 spiro atoms. The van der Waals surface area contributed by atoms with Gasteiger partial charge in [-0.05, 0) is 51.1 Å². The second-order valence-corrected chi connectivity index (χ2v) is 6.43. The van der Waals surface area contributed by atoms with E-state index < -0.39 is 5.60 Å². The van der Waals surface area contributed by atoms with Gasteiger partial charge in [0.05, 0.1) is 5.60 Å². The number of rotatable bonds is 5. The molecule has 1 aliphatic carbocycles. The molecule has 4 nitrogen and oxygen atoms in total. The molecule has 2 N–H and O–H groups in total. The van der Waals surface area contributed by atoms with Crippen molar-refractivity contribution in [2.75, 3.05) is 26.7 Å². The van der Waals surface area contributed by atoms with Gasteiger partial charge < -0.3 is 15.3 Å². The molecule has 1 aliphatic heterocycles. The summed E-state index contributed by atoms with van der Waals surface area (Å²) in [6.07, 6.45) is 7.95. The largest absolute Gasteiger partial charge is 0.388 e. The maximum atomic E-state index is 12.1. The van der Waals surface area contributed by atoms with E-state index >= 15 is 0 Å². The van der Waals surface area contributed by atoms with Crippen molar-refractivity contribution < 1.29 is 9.90 Å². The second kappa shape index (κ2) is 6.71. The summed E-state index contributed by atoms with van der Waals surface area (Å²) in [5, 5.41) is 13.7. The summed E-state index contributed by atoms with van der Waals surface area (Å²) in [7, 11) is 1.83. The van der Waals surface area contributed by atoms with Crippen LogP contribution in [0.25, 0.3) is 0 Å². The van der Waals surface area contributed by atoms with E-state index in [0.717, 1.165) is 45.2 Å². The topological polar surface area (TPSA) is 52.6 Å². The Bertz CT molecular complexity index is 295. The number of hydrogen-bond donors (Lipinski definition) is 2. The number of hydrogen-bond acceptors (Lipinski definition) is 3. The summed E-state index contributed by atoms with van der Waals surface area (Å²) in [5.41, 5.74) is -0.614. The fourth-order valence-corrected chi connectivity index (χ4v) is 3.41. The Morgan fingerprint density at radius 3 is 2.74 bits per heavy atom. The van der Waals surface area contributed by atoms with Crippen LogP contribution in [0.3, 0.4) is 0 Å². The van der Waals surface area contributed by atoms with Crippen molar-refractivity contribution in [3.05, 3.63) is 0 Å². The lowest BCUT2D eigenvalue weighted by Crippen LogP contribution is -2.42. The van der Waals surface area contributed by atoms with Crippen LogP contribution in [-0.4, -0.2) is 48.2 Å². The predicted octanol–water partition coefficient (Wildman–Crippen LogP) is 1.53. The summed E-state index contributed by atoms with van der Waals surface area (Å²) < 4.78 is 0. The van der Waals surface area contributed by atoms with Gasteiger partial charge in [-0.3, -0.25) is 4.79 Å². The summed E-state index contributed by atoms with van der Waals surface area (Å²) in [6, 6.07) is 0. The van der Waals surface area contributed by atoms with Crippen LogP contribution in [0.2, 0.25) is 0 Å². The smallest absolute Gasteiger partial charge is 0.222 e. The van der Waals surface area contributed by atoms with Gasteiger partial charge in [-0.1, -0.05) is 12.8 Å². The van der Waals surface area contributed by atoms with Crippen LogP contribution in [0.15, 0.2) is 0 Å². The van der Waals surface area contributed by atoms with Crippen LogP contribution < -0.4 is 5.32 Å². The van der Waals surface area contributed by atoms with Gasteiger partial charge in [0.2, 0.25) is 5.91 Å². The number of carbonyl (C=O) groups is 1.